The summed E-state index contributed by atoms with van der Waals surface area (Å²) in [7, 11) is 0. The molecular weight excluding hydrogens is 352 g/mol. The third-order valence-electron chi connectivity index (χ3n) is 5.06. The van der Waals surface area contributed by atoms with E-state index in [4.69, 9.17) is 0 Å². The molecular formula is C22H16N4O2. The fourth-order valence-electron chi connectivity index (χ4n) is 3.77. The van der Waals surface area contributed by atoms with Crippen molar-refractivity contribution >= 4 is 5.97 Å². The van der Waals surface area contributed by atoms with Gasteiger partial charge < -0.3 is 5.11 Å². The highest BCUT2D eigenvalue weighted by molar-refractivity contribution is 5.91. The molecule has 1 aliphatic carbocycles. The van der Waals surface area contributed by atoms with Crippen LogP contribution in [0.3, 0.4) is 0 Å². The van der Waals surface area contributed by atoms with Gasteiger partial charge >= 0.3 is 5.97 Å². The van der Waals surface area contributed by atoms with Gasteiger partial charge in [0.2, 0.25) is 0 Å². The number of carbonyl (C=O) groups is 1. The fourth-order valence-corrected chi connectivity index (χ4v) is 3.77. The largest absolute Gasteiger partial charge is 0.476 e. The first-order chi connectivity index (χ1) is 13.7. The molecule has 0 saturated carbocycles. The van der Waals surface area contributed by atoms with Crippen molar-refractivity contribution in [3.63, 3.8) is 0 Å². The number of aromatic carboxylic acids is 1. The number of nitrogens with zero attached hydrogens (tertiary/aromatic N) is 4. The Morgan fingerprint density at radius 3 is 2.68 bits per heavy atom. The third-order valence-corrected chi connectivity index (χ3v) is 5.06. The van der Waals surface area contributed by atoms with Crippen molar-refractivity contribution in [2.45, 2.75) is 12.8 Å². The average molecular weight is 368 g/mol. The quantitative estimate of drug-likeness (QED) is 0.595. The molecule has 1 aliphatic rings. The van der Waals surface area contributed by atoms with Crippen LogP contribution in [-0.4, -0.2) is 30.8 Å². The number of hydrogen-bond acceptors (Lipinski definition) is 4. The van der Waals surface area contributed by atoms with Crippen molar-refractivity contribution < 1.29 is 9.90 Å². The molecule has 1 aromatic carbocycles. The van der Waals surface area contributed by atoms with Gasteiger partial charge in [-0.2, -0.15) is 5.10 Å². The Morgan fingerprint density at radius 1 is 1.00 bits per heavy atom. The lowest BCUT2D eigenvalue weighted by Crippen LogP contribution is -2.09. The van der Waals surface area contributed by atoms with Crippen LogP contribution in [0.15, 0.2) is 67.1 Å². The first kappa shape index (κ1) is 16.4. The minimum atomic E-state index is -1.02. The zero-order valence-electron chi connectivity index (χ0n) is 14.9. The number of carboxylic acids is 1. The summed E-state index contributed by atoms with van der Waals surface area (Å²) >= 11 is 0. The summed E-state index contributed by atoms with van der Waals surface area (Å²) in [5, 5.41) is 14.1. The van der Waals surface area contributed by atoms with Crippen molar-refractivity contribution in [1.82, 2.24) is 19.7 Å². The fraction of sp³-hybridized carbons (Fsp3) is 0.0909. The second-order valence-corrected chi connectivity index (χ2v) is 6.69. The molecule has 0 radical (unpaired) electrons. The lowest BCUT2D eigenvalue weighted by molar-refractivity contribution is 0.0688. The van der Waals surface area contributed by atoms with Crippen LogP contribution in [0.4, 0.5) is 0 Å². The number of benzene rings is 1. The highest BCUT2D eigenvalue weighted by Crippen LogP contribution is 2.38. The normalized spacial score (nSPS) is 12.3. The number of fused-ring (bicyclic) bond motifs is 3. The number of pyridine rings is 2. The number of carboxylic acid groups (broad SMARTS) is 1. The van der Waals surface area contributed by atoms with E-state index >= 15 is 0 Å². The van der Waals surface area contributed by atoms with Gasteiger partial charge in [-0.1, -0.05) is 24.3 Å². The standard InChI is InChI=1S/C22H16N4O2/c27-22(28)20-17-9-8-14-6-7-15(16-4-3-10-23-13-16)12-18(14)21(17)26(25-20)19-5-1-2-11-24-19/h1-7,10-13H,8-9H2,(H,27,28). The topological polar surface area (TPSA) is 80.9 Å². The van der Waals surface area contributed by atoms with Gasteiger partial charge in [-0.25, -0.2) is 14.5 Å². The highest BCUT2D eigenvalue weighted by atomic mass is 16.4. The predicted octanol–water partition coefficient (Wildman–Crippen LogP) is 3.79. The van der Waals surface area contributed by atoms with Crippen LogP contribution in [0.25, 0.3) is 28.2 Å². The Balaban J connectivity index is 1.77. The van der Waals surface area contributed by atoms with Crippen molar-refractivity contribution in [2.75, 3.05) is 0 Å². The molecule has 4 aromatic rings. The van der Waals surface area contributed by atoms with Gasteiger partial charge in [-0.3, -0.25) is 4.98 Å². The van der Waals surface area contributed by atoms with Crippen LogP contribution in [0.1, 0.15) is 21.6 Å². The van der Waals surface area contributed by atoms with E-state index in [0.717, 1.165) is 34.4 Å². The Labute approximate surface area is 161 Å². The van der Waals surface area contributed by atoms with E-state index < -0.39 is 5.97 Å². The Morgan fingerprint density at radius 2 is 1.93 bits per heavy atom. The second kappa shape index (κ2) is 6.42. The molecule has 0 unspecified atom stereocenters. The van der Waals surface area contributed by atoms with E-state index in [1.54, 1.807) is 17.1 Å². The number of rotatable bonds is 3. The molecule has 136 valence electrons. The van der Waals surface area contributed by atoms with E-state index in [0.29, 0.717) is 12.2 Å². The maximum Gasteiger partial charge on any atom is 0.356 e. The molecule has 6 nitrogen and oxygen atoms in total. The summed E-state index contributed by atoms with van der Waals surface area (Å²) in [6.07, 6.45) is 6.67. The van der Waals surface area contributed by atoms with Crippen molar-refractivity contribution in [3.05, 3.63) is 83.9 Å². The van der Waals surface area contributed by atoms with E-state index in [1.165, 1.54) is 5.56 Å². The van der Waals surface area contributed by atoms with Crippen molar-refractivity contribution in [2.24, 2.45) is 0 Å². The maximum absolute atomic E-state index is 11.8. The zero-order valence-corrected chi connectivity index (χ0v) is 14.9. The molecule has 3 heterocycles. The van der Waals surface area contributed by atoms with Crippen LogP contribution in [-0.2, 0) is 12.8 Å². The lowest BCUT2D eigenvalue weighted by atomic mass is 9.87. The molecule has 0 saturated heterocycles. The van der Waals surface area contributed by atoms with Gasteiger partial charge in [0.1, 0.15) is 0 Å². The number of aryl methyl sites for hydroxylation is 1. The highest BCUT2D eigenvalue weighted by Gasteiger charge is 2.29. The van der Waals surface area contributed by atoms with Crippen LogP contribution >= 0.6 is 0 Å². The minimum Gasteiger partial charge on any atom is -0.476 e. The smallest absolute Gasteiger partial charge is 0.356 e. The van der Waals surface area contributed by atoms with Crippen LogP contribution in [0.5, 0.6) is 0 Å². The summed E-state index contributed by atoms with van der Waals surface area (Å²) < 4.78 is 1.66. The van der Waals surface area contributed by atoms with Gasteiger partial charge in [0.05, 0.1) is 5.69 Å². The molecule has 0 fully saturated rings. The average Bonchev–Trinajstić information content (AvgIpc) is 3.15. The monoisotopic (exact) mass is 368 g/mol. The summed E-state index contributed by atoms with van der Waals surface area (Å²) in [6, 6.07) is 15.7. The molecule has 0 bridgehead atoms. The van der Waals surface area contributed by atoms with Crippen LogP contribution in [0, 0.1) is 0 Å². The Bertz CT molecular complexity index is 1180. The second-order valence-electron chi connectivity index (χ2n) is 6.69. The van der Waals surface area contributed by atoms with Crippen LogP contribution in [0.2, 0.25) is 0 Å². The molecule has 28 heavy (non-hydrogen) atoms. The number of hydrogen-bond donors (Lipinski definition) is 1. The molecule has 0 aliphatic heterocycles. The molecule has 5 rings (SSSR count). The lowest BCUT2D eigenvalue weighted by Gasteiger charge is -2.19. The number of aromatic nitrogens is 4. The van der Waals surface area contributed by atoms with Gasteiger partial charge in [-0.15, -0.1) is 0 Å². The summed E-state index contributed by atoms with van der Waals surface area (Å²) in [5.74, 6) is -0.413. The first-order valence-corrected chi connectivity index (χ1v) is 9.02. The maximum atomic E-state index is 11.8. The van der Waals surface area contributed by atoms with Crippen molar-refractivity contribution in [3.8, 4) is 28.2 Å². The zero-order chi connectivity index (χ0) is 19.1. The van der Waals surface area contributed by atoms with Gasteiger partial charge in [0.15, 0.2) is 11.5 Å². The van der Waals surface area contributed by atoms with Crippen molar-refractivity contribution in [1.29, 1.82) is 0 Å². The molecule has 1 N–H and O–H groups in total. The van der Waals surface area contributed by atoms with Gasteiger partial charge in [0, 0.05) is 35.3 Å². The Kier molecular flexibility index (Phi) is 3.76. The van der Waals surface area contributed by atoms with Gasteiger partial charge in [0.25, 0.3) is 0 Å². The van der Waals surface area contributed by atoms with Gasteiger partial charge in [-0.05, 0) is 48.2 Å². The summed E-state index contributed by atoms with van der Waals surface area (Å²) in [4.78, 5) is 20.4. The van der Waals surface area contributed by atoms with E-state index in [9.17, 15) is 9.90 Å². The molecule has 0 spiro atoms. The molecule has 0 amide bonds. The van der Waals surface area contributed by atoms with E-state index in [2.05, 4.69) is 33.3 Å². The van der Waals surface area contributed by atoms with E-state index in [1.807, 2.05) is 36.5 Å². The predicted molar refractivity (Wildman–Crippen MR) is 104 cm³/mol. The van der Waals surface area contributed by atoms with E-state index in [-0.39, 0.29) is 5.69 Å². The summed E-state index contributed by atoms with van der Waals surface area (Å²) in [5.41, 5.74) is 5.88. The van der Waals surface area contributed by atoms with Crippen LogP contribution < -0.4 is 0 Å². The molecule has 0 atom stereocenters. The minimum absolute atomic E-state index is 0.0954. The first-order valence-electron chi connectivity index (χ1n) is 9.02. The SMILES string of the molecule is O=C(O)c1nn(-c2ccccn2)c2c1CCc1ccc(-c3cccnc3)cc1-2. The Hall–Kier alpha value is -3.80. The third kappa shape index (κ3) is 2.58. The molecule has 6 heteroatoms. The molecule has 3 aromatic heterocycles. The summed E-state index contributed by atoms with van der Waals surface area (Å²) in [6.45, 7) is 0.